The number of pyridine rings is 1. The third kappa shape index (κ3) is 3.75. The van der Waals surface area contributed by atoms with Crippen LogP contribution in [-0.2, 0) is 0 Å². The standard InChI is InChI=1S/C11H19N3/c1-14(10-4-2-3-7-12)11-5-8-13-9-6-11/h5-6,8-9H,2-4,7,10,12H2,1H3. The first-order valence-electron chi connectivity index (χ1n) is 5.16. The highest BCUT2D eigenvalue weighted by Gasteiger charge is 1.98. The Kier molecular flexibility index (Phi) is 5.00. The maximum absolute atomic E-state index is 5.43. The van der Waals surface area contributed by atoms with Gasteiger partial charge in [0.2, 0.25) is 0 Å². The molecule has 1 heterocycles. The normalized spacial score (nSPS) is 10.1. The van der Waals surface area contributed by atoms with Crippen LogP contribution >= 0.6 is 0 Å². The molecule has 2 N–H and O–H groups in total. The molecule has 0 aromatic carbocycles. The van der Waals surface area contributed by atoms with Crippen molar-refractivity contribution in [2.75, 3.05) is 25.0 Å². The van der Waals surface area contributed by atoms with E-state index in [0.717, 1.165) is 19.5 Å². The lowest BCUT2D eigenvalue weighted by atomic mass is 10.2. The van der Waals surface area contributed by atoms with Crippen molar-refractivity contribution in [2.24, 2.45) is 5.73 Å². The van der Waals surface area contributed by atoms with Crippen LogP contribution in [0, 0.1) is 0 Å². The van der Waals surface area contributed by atoms with Crippen molar-refractivity contribution in [1.82, 2.24) is 4.98 Å². The Bertz CT molecular complexity index is 236. The van der Waals surface area contributed by atoms with Gasteiger partial charge in [-0.25, -0.2) is 0 Å². The molecule has 78 valence electrons. The van der Waals surface area contributed by atoms with Crippen LogP contribution in [0.15, 0.2) is 24.5 Å². The van der Waals surface area contributed by atoms with Gasteiger partial charge in [-0.05, 0) is 31.5 Å². The molecule has 1 aromatic rings. The zero-order valence-electron chi connectivity index (χ0n) is 8.82. The lowest BCUT2D eigenvalue weighted by Crippen LogP contribution is -2.18. The van der Waals surface area contributed by atoms with Crippen LogP contribution < -0.4 is 10.6 Å². The van der Waals surface area contributed by atoms with Crippen molar-refractivity contribution >= 4 is 5.69 Å². The summed E-state index contributed by atoms with van der Waals surface area (Å²) in [6.45, 7) is 1.89. The van der Waals surface area contributed by atoms with Gasteiger partial charge >= 0.3 is 0 Å². The van der Waals surface area contributed by atoms with Crippen LogP contribution in [0.5, 0.6) is 0 Å². The van der Waals surface area contributed by atoms with Gasteiger partial charge in [0.1, 0.15) is 0 Å². The molecule has 0 bridgehead atoms. The smallest absolute Gasteiger partial charge is 0.0394 e. The molecule has 0 spiro atoms. The highest BCUT2D eigenvalue weighted by atomic mass is 15.1. The Morgan fingerprint density at radius 1 is 1.21 bits per heavy atom. The van der Waals surface area contributed by atoms with Crippen molar-refractivity contribution in [1.29, 1.82) is 0 Å². The van der Waals surface area contributed by atoms with E-state index in [9.17, 15) is 0 Å². The summed E-state index contributed by atoms with van der Waals surface area (Å²) >= 11 is 0. The highest BCUT2D eigenvalue weighted by molar-refractivity contribution is 5.43. The summed E-state index contributed by atoms with van der Waals surface area (Å²) in [7, 11) is 2.11. The van der Waals surface area contributed by atoms with Crippen molar-refractivity contribution in [3.8, 4) is 0 Å². The van der Waals surface area contributed by atoms with Crippen LogP contribution in [0.1, 0.15) is 19.3 Å². The van der Waals surface area contributed by atoms with E-state index in [1.54, 1.807) is 0 Å². The van der Waals surface area contributed by atoms with Gasteiger partial charge in [-0.2, -0.15) is 0 Å². The third-order valence-electron chi connectivity index (χ3n) is 2.30. The van der Waals surface area contributed by atoms with Gasteiger partial charge in [-0.1, -0.05) is 6.42 Å². The topological polar surface area (TPSA) is 42.1 Å². The van der Waals surface area contributed by atoms with E-state index in [4.69, 9.17) is 5.73 Å². The monoisotopic (exact) mass is 193 g/mol. The minimum Gasteiger partial charge on any atom is -0.375 e. The number of anilines is 1. The zero-order valence-corrected chi connectivity index (χ0v) is 8.82. The molecular formula is C11H19N3. The maximum Gasteiger partial charge on any atom is 0.0394 e. The SMILES string of the molecule is CN(CCCCCN)c1ccncc1. The molecule has 1 rings (SSSR count). The Labute approximate surface area is 85.9 Å². The van der Waals surface area contributed by atoms with Crippen LogP contribution in [0.3, 0.4) is 0 Å². The van der Waals surface area contributed by atoms with Gasteiger partial charge in [-0.15, -0.1) is 0 Å². The Morgan fingerprint density at radius 2 is 1.93 bits per heavy atom. The van der Waals surface area contributed by atoms with Gasteiger partial charge in [0, 0.05) is 31.7 Å². The number of aromatic nitrogens is 1. The second-order valence-electron chi connectivity index (χ2n) is 3.48. The quantitative estimate of drug-likeness (QED) is 0.698. The molecule has 0 radical (unpaired) electrons. The predicted molar refractivity (Wildman–Crippen MR) is 60.4 cm³/mol. The summed E-state index contributed by atoms with van der Waals surface area (Å²) < 4.78 is 0. The van der Waals surface area contributed by atoms with Crippen LogP contribution in [-0.4, -0.2) is 25.1 Å². The maximum atomic E-state index is 5.43. The zero-order chi connectivity index (χ0) is 10.2. The molecule has 3 nitrogen and oxygen atoms in total. The van der Waals surface area contributed by atoms with Crippen molar-refractivity contribution in [2.45, 2.75) is 19.3 Å². The number of unbranched alkanes of at least 4 members (excludes halogenated alkanes) is 2. The Hall–Kier alpha value is -1.09. The Balaban J connectivity index is 2.25. The number of nitrogens with zero attached hydrogens (tertiary/aromatic N) is 2. The average Bonchev–Trinajstić information content (AvgIpc) is 2.25. The highest BCUT2D eigenvalue weighted by Crippen LogP contribution is 2.10. The van der Waals surface area contributed by atoms with E-state index in [1.807, 2.05) is 24.5 Å². The van der Waals surface area contributed by atoms with E-state index in [1.165, 1.54) is 18.5 Å². The molecule has 0 atom stereocenters. The average molecular weight is 193 g/mol. The summed E-state index contributed by atoms with van der Waals surface area (Å²) in [5.41, 5.74) is 6.66. The third-order valence-corrected chi connectivity index (χ3v) is 2.30. The molecule has 0 aliphatic heterocycles. The molecule has 0 fully saturated rings. The minimum atomic E-state index is 0.805. The van der Waals surface area contributed by atoms with Gasteiger partial charge in [0.25, 0.3) is 0 Å². The van der Waals surface area contributed by atoms with Gasteiger partial charge in [0.05, 0.1) is 0 Å². The van der Waals surface area contributed by atoms with E-state index < -0.39 is 0 Å². The van der Waals surface area contributed by atoms with Gasteiger partial charge in [0.15, 0.2) is 0 Å². The lowest BCUT2D eigenvalue weighted by Gasteiger charge is -2.18. The Morgan fingerprint density at radius 3 is 2.57 bits per heavy atom. The molecule has 0 aliphatic carbocycles. The summed E-state index contributed by atoms with van der Waals surface area (Å²) in [5, 5.41) is 0. The van der Waals surface area contributed by atoms with Crippen molar-refractivity contribution in [3.05, 3.63) is 24.5 Å². The second-order valence-corrected chi connectivity index (χ2v) is 3.48. The summed E-state index contributed by atoms with van der Waals surface area (Å²) in [6, 6.07) is 4.06. The fraction of sp³-hybridized carbons (Fsp3) is 0.545. The number of hydrogen-bond donors (Lipinski definition) is 1. The molecule has 1 aromatic heterocycles. The first-order valence-corrected chi connectivity index (χ1v) is 5.16. The molecule has 14 heavy (non-hydrogen) atoms. The predicted octanol–water partition coefficient (Wildman–Crippen LogP) is 1.65. The van der Waals surface area contributed by atoms with Crippen LogP contribution in [0.2, 0.25) is 0 Å². The van der Waals surface area contributed by atoms with Crippen LogP contribution in [0.4, 0.5) is 5.69 Å². The lowest BCUT2D eigenvalue weighted by molar-refractivity contribution is 0.679. The van der Waals surface area contributed by atoms with Gasteiger partial charge < -0.3 is 10.6 Å². The molecular weight excluding hydrogens is 174 g/mol. The molecule has 0 saturated heterocycles. The summed E-state index contributed by atoms with van der Waals surface area (Å²) in [6.07, 6.45) is 7.20. The van der Waals surface area contributed by atoms with E-state index in [2.05, 4.69) is 16.9 Å². The molecule has 0 saturated carbocycles. The van der Waals surface area contributed by atoms with Crippen molar-refractivity contribution in [3.63, 3.8) is 0 Å². The van der Waals surface area contributed by atoms with E-state index in [0.29, 0.717) is 0 Å². The number of hydrogen-bond acceptors (Lipinski definition) is 3. The molecule has 3 heteroatoms. The second kappa shape index (κ2) is 6.38. The number of nitrogens with two attached hydrogens (primary N) is 1. The fourth-order valence-corrected chi connectivity index (χ4v) is 1.40. The van der Waals surface area contributed by atoms with Gasteiger partial charge in [-0.3, -0.25) is 4.98 Å². The molecule has 0 aliphatic rings. The first kappa shape index (κ1) is 11.0. The summed E-state index contributed by atoms with van der Waals surface area (Å²) in [4.78, 5) is 6.24. The van der Waals surface area contributed by atoms with Crippen molar-refractivity contribution < 1.29 is 0 Å². The number of rotatable bonds is 6. The summed E-state index contributed by atoms with van der Waals surface area (Å²) in [5.74, 6) is 0. The van der Waals surface area contributed by atoms with E-state index >= 15 is 0 Å². The molecule has 0 unspecified atom stereocenters. The van der Waals surface area contributed by atoms with Crippen LogP contribution in [0.25, 0.3) is 0 Å². The first-order chi connectivity index (χ1) is 6.84. The fourth-order valence-electron chi connectivity index (χ4n) is 1.40. The minimum absolute atomic E-state index is 0.805. The largest absolute Gasteiger partial charge is 0.375 e. The molecule has 0 amide bonds. The van der Waals surface area contributed by atoms with E-state index in [-0.39, 0.29) is 0 Å².